The van der Waals surface area contributed by atoms with E-state index in [4.69, 9.17) is 9.47 Å². The number of ether oxygens (including phenoxy) is 2. The van der Waals surface area contributed by atoms with Gasteiger partial charge in [-0.2, -0.15) is 0 Å². The van der Waals surface area contributed by atoms with Crippen LogP contribution in [-0.2, 0) is 9.47 Å². The second-order valence-electron chi connectivity index (χ2n) is 7.41. The highest BCUT2D eigenvalue weighted by molar-refractivity contribution is 6.07. The third kappa shape index (κ3) is 6.96. The molecule has 0 radical (unpaired) electrons. The lowest BCUT2D eigenvalue weighted by Gasteiger charge is -2.26. The minimum absolute atomic E-state index is 0.0000463. The van der Waals surface area contributed by atoms with Crippen molar-refractivity contribution in [2.24, 2.45) is 0 Å². The van der Waals surface area contributed by atoms with E-state index in [1.165, 1.54) is 12.1 Å². The molecule has 0 spiro atoms. The van der Waals surface area contributed by atoms with Crippen molar-refractivity contribution in [3.05, 3.63) is 39.4 Å². The first-order chi connectivity index (χ1) is 15.0. The van der Waals surface area contributed by atoms with Crippen LogP contribution in [0.4, 0.5) is 5.69 Å². The van der Waals surface area contributed by atoms with Crippen LogP contribution in [0.2, 0.25) is 0 Å². The molecule has 31 heavy (non-hydrogen) atoms. The Morgan fingerprint density at radius 2 is 1.35 bits per heavy atom. The van der Waals surface area contributed by atoms with Crippen LogP contribution >= 0.6 is 0 Å². The maximum atomic E-state index is 12.7. The fourth-order valence-electron chi connectivity index (χ4n) is 3.53. The maximum Gasteiger partial charge on any atom is 0.270 e. The van der Waals surface area contributed by atoms with Gasteiger partial charge in [-0.25, -0.2) is 0 Å². The van der Waals surface area contributed by atoms with Crippen LogP contribution in [0.15, 0.2) is 18.2 Å². The summed E-state index contributed by atoms with van der Waals surface area (Å²) in [5, 5.41) is 16.7. The number of carbonyl (C=O) groups excluding carboxylic acids is 2. The average Bonchev–Trinajstić information content (AvgIpc) is 2.80. The number of nitrogens with one attached hydrogen (secondary N) is 2. The van der Waals surface area contributed by atoms with Crippen molar-refractivity contribution >= 4 is 17.5 Å². The average molecular weight is 435 g/mol. The summed E-state index contributed by atoms with van der Waals surface area (Å²) in [5.41, 5.74) is -0.111. The summed E-state index contributed by atoms with van der Waals surface area (Å²) in [6.07, 6.45) is 0. The van der Waals surface area contributed by atoms with E-state index < -0.39 is 16.7 Å². The standard InChI is InChI=1S/C20H29N5O6/c26-19(21-3-5-23-7-11-30-12-8-23)17-2-1-16(25(28)29)15-18(17)20(27)22-4-6-24-9-13-31-14-10-24/h1-2,15H,3-14H2,(H,21,26)(H,22,27). The van der Waals surface area contributed by atoms with Crippen LogP contribution in [0.25, 0.3) is 0 Å². The lowest BCUT2D eigenvalue weighted by atomic mass is 10.0. The van der Waals surface area contributed by atoms with Gasteiger partial charge in [0.2, 0.25) is 0 Å². The predicted molar refractivity (Wildman–Crippen MR) is 112 cm³/mol. The number of benzene rings is 1. The topological polar surface area (TPSA) is 126 Å². The van der Waals surface area contributed by atoms with Gasteiger partial charge in [0, 0.05) is 64.5 Å². The second-order valence-corrected chi connectivity index (χ2v) is 7.41. The third-order valence-electron chi connectivity index (χ3n) is 5.34. The predicted octanol–water partition coefficient (Wildman–Crippen LogP) is -0.281. The monoisotopic (exact) mass is 435 g/mol. The quantitative estimate of drug-likeness (QED) is 0.401. The van der Waals surface area contributed by atoms with Crippen LogP contribution in [-0.4, -0.2) is 105 Å². The smallest absolute Gasteiger partial charge is 0.270 e. The fourth-order valence-corrected chi connectivity index (χ4v) is 3.53. The van der Waals surface area contributed by atoms with Crippen molar-refractivity contribution in [3.8, 4) is 0 Å². The van der Waals surface area contributed by atoms with Gasteiger partial charge in [0.15, 0.2) is 0 Å². The SMILES string of the molecule is O=C(NCCN1CCOCC1)c1ccc([N+](=O)[O-])cc1C(=O)NCCN1CCOCC1. The van der Waals surface area contributed by atoms with E-state index in [2.05, 4.69) is 20.4 Å². The molecule has 1 aromatic rings. The van der Waals surface area contributed by atoms with Crippen LogP contribution in [0.1, 0.15) is 20.7 Å². The first-order valence-electron chi connectivity index (χ1n) is 10.5. The molecule has 2 N–H and O–H groups in total. The van der Waals surface area contributed by atoms with E-state index in [-0.39, 0.29) is 16.8 Å². The van der Waals surface area contributed by atoms with E-state index in [0.29, 0.717) is 52.6 Å². The molecule has 2 saturated heterocycles. The zero-order valence-electron chi connectivity index (χ0n) is 17.5. The molecule has 0 atom stereocenters. The second kappa shape index (κ2) is 11.7. The number of nitro groups is 1. The molecule has 11 heteroatoms. The normalized spacial score (nSPS) is 17.8. The number of hydrogen-bond donors (Lipinski definition) is 2. The number of amides is 2. The maximum absolute atomic E-state index is 12.7. The first kappa shape index (κ1) is 23.1. The van der Waals surface area contributed by atoms with Gasteiger partial charge >= 0.3 is 0 Å². The summed E-state index contributed by atoms with van der Waals surface area (Å²) in [6.45, 7) is 7.97. The van der Waals surface area contributed by atoms with E-state index >= 15 is 0 Å². The Hall–Kier alpha value is -2.60. The highest BCUT2D eigenvalue weighted by Crippen LogP contribution is 2.18. The van der Waals surface area contributed by atoms with Crippen molar-refractivity contribution < 1.29 is 24.0 Å². The molecule has 2 heterocycles. The van der Waals surface area contributed by atoms with Crippen molar-refractivity contribution in [2.45, 2.75) is 0 Å². The number of hydrogen-bond acceptors (Lipinski definition) is 8. The molecule has 2 aliphatic rings. The molecule has 2 aliphatic heterocycles. The van der Waals surface area contributed by atoms with Gasteiger partial charge < -0.3 is 20.1 Å². The fraction of sp³-hybridized carbons (Fsp3) is 0.600. The molecule has 11 nitrogen and oxygen atoms in total. The highest BCUT2D eigenvalue weighted by Gasteiger charge is 2.21. The Morgan fingerprint density at radius 1 is 0.871 bits per heavy atom. The van der Waals surface area contributed by atoms with Crippen molar-refractivity contribution in [1.29, 1.82) is 0 Å². The summed E-state index contributed by atoms with van der Waals surface area (Å²) in [5.74, 6) is -0.934. The zero-order chi connectivity index (χ0) is 22.1. The highest BCUT2D eigenvalue weighted by atomic mass is 16.6. The number of morpholine rings is 2. The Bertz CT molecular complexity index is 777. The molecule has 0 aromatic heterocycles. The number of nitrogens with zero attached hydrogens (tertiary/aromatic N) is 3. The lowest BCUT2D eigenvalue weighted by Crippen LogP contribution is -2.42. The van der Waals surface area contributed by atoms with Gasteiger partial charge in [0.25, 0.3) is 17.5 Å². The zero-order valence-corrected chi connectivity index (χ0v) is 17.5. The first-order valence-corrected chi connectivity index (χ1v) is 10.5. The number of carbonyl (C=O) groups is 2. The Balaban J connectivity index is 1.59. The summed E-state index contributed by atoms with van der Waals surface area (Å²) in [4.78, 5) is 40.3. The lowest BCUT2D eigenvalue weighted by molar-refractivity contribution is -0.384. The van der Waals surface area contributed by atoms with Crippen LogP contribution in [0.5, 0.6) is 0 Å². The van der Waals surface area contributed by atoms with Crippen molar-refractivity contribution in [1.82, 2.24) is 20.4 Å². The van der Waals surface area contributed by atoms with Gasteiger partial charge in [0.1, 0.15) is 0 Å². The van der Waals surface area contributed by atoms with E-state index in [1.807, 2.05) is 0 Å². The Labute approximate surface area is 180 Å². The molecular weight excluding hydrogens is 406 g/mol. The molecule has 0 saturated carbocycles. The molecule has 1 aromatic carbocycles. The molecule has 0 bridgehead atoms. The largest absolute Gasteiger partial charge is 0.379 e. The van der Waals surface area contributed by atoms with Crippen LogP contribution in [0, 0.1) is 10.1 Å². The van der Waals surface area contributed by atoms with Crippen molar-refractivity contribution in [2.75, 3.05) is 78.8 Å². The summed E-state index contributed by atoms with van der Waals surface area (Å²) < 4.78 is 10.6. The van der Waals surface area contributed by atoms with Gasteiger partial charge in [0.05, 0.1) is 42.5 Å². The van der Waals surface area contributed by atoms with Gasteiger partial charge in [-0.3, -0.25) is 29.5 Å². The number of rotatable bonds is 9. The molecule has 0 aliphatic carbocycles. The number of nitro benzene ring substituents is 1. The molecular formula is C20H29N5O6. The van der Waals surface area contributed by atoms with E-state index in [0.717, 1.165) is 32.2 Å². The Morgan fingerprint density at radius 3 is 1.84 bits per heavy atom. The molecule has 2 amide bonds. The molecule has 3 rings (SSSR count). The van der Waals surface area contributed by atoms with E-state index in [1.54, 1.807) is 0 Å². The molecule has 170 valence electrons. The van der Waals surface area contributed by atoms with Crippen LogP contribution in [0.3, 0.4) is 0 Å². The van der Waals surface area contributed by atoms with Gasteiger partial charge in [-0.05, 0) is 6.07 Å². The summed E-state index contributed by atoms with van der Waals surface area (Å²) in [7, 11) is 0. The minimum Gasteiger partial charge on any atom is -0.379 e. The molecule has 2 fully saturated rings. The number of non-ortho nitro benzene ring substituents is 1. The Kier molecular flexibility index (Phi) is 8.71. The van der Waals surface area contributed by atoms with Gasteiger partial charge in [-0.1, -0.05) is 0 Å². The van der Waals surface area contributed by atoms with Crippen molar-refractivity contribution in [3.63, 3.8) is 0 Å². The minimum atomic E-state index is -0.579. The van der Waals surface area contributed by atoms with Gasteiger partial charge in [-0.15, -0.1) is 0 Å². The summed E-state index contributed by atoms with van der Waals surface area (Å²) in [6, 6.07) is 3.72. The van der Waals surface area contributed by atoms with Crippen LogP contribution < -0.4 is 10.6 Å². The van der Waals surface area contributed by atoms with E-state index in [9.17, 15) is 19.7 Å². The summed E-state index contributed by atoms with van der Waals surface area (Å²) >= 11 is 0. The third-order valence-corrected chi connectivity index (χ3v) is 5.34. The molecule has 0 unspecified atom stereocenters.